The maximum Gasteiger partial charge on any atom is 0.280 e. The fourth-order valence-corrected chi connectivity index (χ4v) is 3.37. The number of ether oxygens (including phenoxy) is 3. The first-order valence-corrected chi connectivity index (χ1v) is 9.55. The second kappa shape index (κ2) is 7.87. The molecule has 0 aliphatic carbocycles. The summed E-state index contributed by atoms with van der Waals surface area (Å²) in [5, 5.41) is 7.31. The number of carbonyl (C=O) groups excluding carboxylic acids is 1. The lowest BCUT2D eigenvalue weighted by atomic mass is 10.1. The highest BCUT2D eigenvalue weighted by Gasteiger charge is 2.24. The number of fused-ring (bicyclic) bond motifs is 1. The zero-order valence-corrected chi connectivity index (χ0v) is 16.6. The van der Waals surface area contributed by atoms with Crippen LogP contribution in [-0.2, 0) is 6.42 Å². The number of para-hydroxylation sites is 1. The Morgan fingerprint density at radius 3 is 2.79 bits per heavy atom. The molecule has 0 unspecified atom stereocenters. The Kier molecular flexibility index (Phi) is 5.12. The minimum atomic E-state index is -0.386. The maximum absolute atomic E-state index is 13.0. The Bertz CT molecular complexity index is 1030. The quantitative estimate of drug-likeness (QED) is 0.688. The molecule has 1 atom stereocenters. The number of hydrogen-bond acceptors (Lipinski definition) is 5. The molecule has 150 valence electrons. The fourth-order valence-electron chi connectivity index (χ4n) is 3.37. The van der Waals surface area contributed by atoms with Gasteiger partial charge in [0.25, 0.3) is 5.91 Å². The molecule has 7 nitrogen and oxygen atoms in total. The van der Waals surface area contributed by atoms with Gasteiger partial charge in [0.1, 0.15) is 17.6 Å². The molecule has 0 saturated carbocycles. The minimum Gasteiger partial charge on any atom is -0.493 e. The summed E-state index contributed by atoms with van der Waals surface area (Å²) in [5.41, 5.74) is 2.64. The standard InChI is InChI=1S/C22H23N3O4/c1-4-28-19-11-15-10-14(2)29-18(15)12-17(19)23-22(26)21-20(27-3)13-25(24-21)16-8-6-5-7-9-16/h5-9,11-14H,4,10H2,1-3H3,(H,23,26)/t14-/m1/s1. The van der Waals surface area contributed by atoms with Crippen LogP contribution in [0.5, 0.6) is 17.2 Å². The number of methoxy groups -OCH3 is 1. The zero-order valence-electron chi connectivity index (χ0n) is 16.6. The van der Waals surface area contributed by atoms with Crippen LogP contribution in [0.15, 0.2) is 48.7 Å². The van der Waals surface area contributed by atoms with Gasteiger partial charge in [-0.3, -0.25) is 4.79 Å². The third-order valence-corrected chi connectivity index (χ3v) is 4.68. The van der Waals surface area contributed by atoms with Gasteiger partial charge >= 0.3 is 0 Å². The van der Waals surface area contributed by atoms with Gasteiger partial charge in [-0.15, -0.1) is 0 Å². The van der Waals surface area contributed by atoms with E-state index in [9.17, 15) is 4.79 Å². The van der Waals surface area contributed by atoms with Crippen molar-refractivity contribution in [3.63, 3.8) is 0 Å². The van der Waals surface area contributed by atoms with Gasteiger partial charge in [0, 0.05) is 18.1 Å². The maximum atomic E-state index is 13.0. The normalized spacial score (nSPS) is 14.8. The lowest BCUT2D eigenvalue weighted by molar-refractivity contribution is 0.101. The molecule has 1 N–H and O–H groups in total. The van der Waals surface area contributed by atoms with Gasteiger partial charge in [-0.2, -0.15) is 5.10 Å². The Morgan fingerprint density at radius 1 is 1.28 bits per heavy atom. The van der Waals surface area contributed by atoms with Gasteiger partial charge in [0.15, 0.2) is 11.4 Å². The Morgan fingerprint density at radius 2 is 2.07 bits per heavy atom. The second-order valence-corrected chi connectivity index (χ2v) is 6.80. The molecule has 0 fully saturated rings. The smallest absolute Gasteiger partial charge is 0.280 e. The Labute approximate surface area is 169 Å². The van der Waals surface area contributed by atoms with Gasteiger partial charge in [-0.1, -0.05) is 18.2 Å². The van der Waals surface area contributed by atoms with E-state index in [-0.39, 0.29) is 17.7 Å². The van der Waals surface area contributed by atoms with Gasteiger partial charge in [0.05, 0.1) is 31.3 Å². The first-order valence-electron chi connectivity index (χ1n) is 9.55. The van der Waals surface area contributed by atoms with Crippen LogP contribution >= 0.6 is 0 Å². The number of rotatable bonds is 6. The van der Waals surface area contributed by atoms with Crippen LogP contribution < -0.4 is 19.5 Å². The van der Waals surface area contributed by atoms with Crippen LogP contribution in [0.4, 0.5) is 5.69 Å². The van der Waals surface area contributed by atoms with E-state index >= 15 is 0 Å². The van der Waals surface area contributed by atoms with Crippen molar-refractivity contribution in [2.75, 3.05) is 19.0 Å². The van der Waals surface area contributed by atoms with Crippen molar-refractivity contribution in [2.45, 2.75) is 26.4 Å². The highest BCUT2D eigenvalue weighted by Crippen LogP contribution is 2.38. The first kappa shape index (κ1) is 18.9. The summed E-state index contributed by atoms with van der Waals surface area (Å²) >= 11 is 0. The Hall–Kier alpha value is -3.48. The molecule has 1 aromatic heterocycles. The molecule has 1 aliphatic rings. The number of nitrogens with one attached hydrogen (secondary N) is 1. The lowest BCUT2D eigenvalue weighted by Gasteiger charge is -2.13. The summed E-state index contributed by atoms with van der Waals surface area (Å²) in [6.45, 7) is 4.41. The summed E-state index contributed by atoms with van der Waals surface area (Å²) < 4.78 is 18.5. The molecule has 1 aliphatic heterocycles. The molecular weight excluding hydrogens is 370 g/mol. The van der Waals surface area contributed by atoms with Crippen LogP contribution in [0.25, 0.3) is 5.69 Å². The molecule has 4 rings (SSSR count). The van der Waals surface area contributed by atoms with E-state index in [0.717, 1.165) is 23.4 Å². The number of nitrogens with zero attached hydrogens (tertiary/aromatic N) is 2. The van der Waals surface area contributed by atoms with Crippen LogP contribution in [0.1, 0.15) is 29.9 Å². The highest BCUT2D eigenvalue weighted by molar-refractivity contribution is 6.05. The average Bonchev–Trinajstić information content (AvgIpc) is 3.31. The fraction of sp³-hybridized carbons (Fsp3) is 0.273. The summed E-state index contributed by atoms with van der Waals surface area (Å²) in [7, 11) is 1.51. The minimum absolute atomic E-state index is 0.104. The third kappa shape index (κ3) is 3.76. The van der Waals surface area contributed by atoms with E-state index in [0.29, 0.717) is 23.8 Å². The monoisotopic (exact) mass is 393 g/mol. The van der Waals surface area contributed by atoms with Crippen LogP contribution in [0.3, 0.4) is 0 Å². The number of amides is 1. The second-order valence-electron chi connectivity index (χ2n) is 6.80. The average molecular weight is 393 g/mol. The van der Waals surface area contributed by atoms with Crippen molar-refractivity contribution in [2.24, 2.45) is 0 Å². The molecule has 3 aromatic rings. The molecule has 7 heteroatoms. The number of hydrogen-bond donors (Lipinski definition) is 1. The summed E-state index contributed by atoms with van der Waals surface area (Å²) in [5.74, 6) is 1.37. The number of anilines is 1. The molecule has 2 heterocycles. The van der Waals surface area contributed by atoms with Crippen molar-refractivity contribution >= 4 is 11.6 Å². The van der Waals surface area contributed by atoms with Crippen molar-refractivity contribution in [1.82, 2.24) is 9.78 Å². The summed E-state index contributed by atoms with van der Waals surface area (Å²) in [4.78, 5) is 13.0. The van der Waals surface area contributed by atoms with E-state index in [4.69, 9.17) is 14.2 Å². The van der Waals surface area contributed by atoms with Gasteiger partial charge in [-0.25, -0.2) is 4.68 Å². The number of carbonyl (C=O) groups is 1. The van der Waals surface area contributed by atoms with Gasteiger partial charge in [0.2, 0.25) is 0 Å². The first-order chi connectivity index (χ1) is 14.1. The molecule has 0 bridgehead atoms. The number of aromatic nitrogens is 2. The molecular formula is C22H23N3O4. The van der Waals surface area contributed by atoms with Crippen LogP contribution in [0, 0.1) is 0 Å². The largest absolute Gasteiger partial charge is 0.493 e. The van der Waals surface area contributed by atoms with Gasteiger partial charge in [-0.05, 0) is 32.0 Å². The molecule has 0 saturated heterocycles. The summed E-state index contributed by atoms with van der Waals surface area (Å²) in [6.07, 6.45) is 2.60. The van der Waals surface area contributed by atoms with E-state index < -0.39 is 0 Å². The van der Waals surface area contributed by atoms with Crippen molar-refractivity contribution in [3.8, 4) is 22.9 Å². The third-order valence-electron chi connectivity index (χ3n) is 4.68. The molecule has 2 aromatic carbocycles. The van der Waals surface area contributed by atoms with Crippen LogP contribution in [0.2, 0.25) is 0 Å². The van der Waals surface area contributed by atoms with Gasteiger partial charge < -0.3 is 19.5 Å². The molecule has 29 heavy (non-hydrogen) atoms. The predicted molar refractivity (Wildman–Crippen MR) is 109 cm³/mol. The van der Waals surface area contributed by atoms with E-state index in [1.54, 1.807) is 10.9 Å². The Balaban J connectivity index is 1.65. The van der Waals surface area contributed by atoms with E-state index in [1.165, 1.54) is 7.11 Å². The van der Waals surface area contributed by atoms with Crippen molar-refractivity contribution in [1.29, 1.82) is 0 Å². The SMILES string of the molecule is CCOc1cc2c(cc1NC(=O)c1nn(-c3ccccc3)cc1OC)O[C@H](C)C2. The highest BCUT2D eigenvalue weighted by atomic mass is 16.5. The number of benzene rings is 2. The molecule has 0 spiro atoms. The predicted octanol–water partition coefficient (Wildman–Crippen LogP) is 3.86. The van der Waals surface area contributed by atoms with Crippen molar-refractivity contribution in [3.05, 3.63) is 59.9 Å². The van der Waals surface area contributed by atoms with Crippen molar-refractivity contribution < 1.29 is 19.0 Å². The van der Waals surface area contributed by atoms with Crippen LogP contribution in [-0.4, -0.2) is 35.5 Å². The lowest BCUT2D eigenvalue weighted by Crippen LogP contribution is -2.15. The topological polar surface area (TPSA) is 74.6 Å². The summed E-state index contributed by atoms with van der Waals surface area (Å²) in [6, 6.07) is 13.3. The molecule has 1 amide bonds. The van der Waals surface area contributed by atoms with E-state index in [1.807, 2.05) is 56.3 Å². The molecule has 0 radical (unpaired) electrons. The zero-order chi connectivity index (χ0) is 20.4. The van der Waals surface area contributed by atoms with E-state index in [2.05, 4.69) is 10.4 Å².